The summed E-state index contributed by atoms with van der Waals surface area (Å²) in [5, 5.41) is 2.64. The number of hydrogen-bond donors (Lipinski definition) is 2. The van der Waals surface area contributed by atoms with Gasteiger partial charge in [-0.2, -0.15) is 0 Å². The Morgan fingerprint density at radius 1 is 1.29 bits per heavy atom. The Morgan fingerprint density at radius 2 is 2.04 bits per heavy atom. The minimum atomic E-state index is -3.39. The molecule has 1 aliphatic rings. The lowest BCUT2D eigenvalue weighted by Gasteiger charge is -2.29. The molecule has 0 bridgehead atoms. The maximum absolute atomic E-state index is 12.2. The molecule has 2 N–H and O–H groups in total. The molecule has 1 fully saturated rings. The fourth-order valence-electron chi connectivity index (χ4n) is 2.95. The lowest BCUT2D eigenvalue weighted by atomic mass is 9.87. The van der Waals surface area contributed by atoms with E-state index in [-0.39, 0.29) is 24.2 Å². The first-order valence-electron chi connectivity index (χ1n) is 8.33. The quantitative estimate of drug-likeness (QED) is 0.783. The van der Waals surface area contributed by atoms with Crippen molar-refractivity contribution in [2.45, 2.75) is 38.6 Å². The Labute approximate surface area is 144 Å². The third-order valence-electron chi connectivity index (χ3n) is 4.43. The van der Waals surface area contributed by atoms with Crippen molar-refractivity contribution in [3.63, 3.8) is 0 Å². The van der Waals surface area contributed by atoms with Gasteiger partial charge in [-0.15, -0.1) is 0 Å². The summed E-state index contributed by atoms with van der Waals surface area (Å²) in [4.78, 5) is 12.1. The smallest absolute Gasteiger partial charge is 0.251 e. The molecule has 1 amide bonds. The molecular formula is C17H26N2O4S. The minimum absolute atomic E-state index is 0.0119. The zero-order chi connectivity index (χ0) is 17.6. The number of sulfonamides is 1. The van der Waals surface area contributed by atoms with Gasteiger partial charge in [0.25, 0.3) is 5.91 Å². The Bertz CT molecular complexity index is 660. The van der Waals surface area contributed by atoms with Crippen LogP contribution in [0.2, 0.25) is 0 Å². The monoisotopic (exact) mass is 354 g/mol. The predicted octanol–water partition coefficient (Wildman–Crippen LogP) is 1.92. The van der Waals surface area contributed by atoms with Gasteiger partial charge in [0.05, 0.1) is 12.9 Å². The average molecular weight is 354 g/mol. The first-order chi connectivity index (χ1) is 11.4. The largest absolute Gasteiger partial charge is 0.497 e. The van der Waals surface area contributed by atoms with Crippen molar-refractivity contribution in [2.75, 3.05) is 19.4 Å². The number of rotatable bonds is 7. The SMILES string of the molecule is COc1cccc(C(=O)NCCS(=O)(=O)N[C@H]2CCCC[C@@H]2C)c1. The molecule has 2 rings (SSSR count). The second-order valence-electron chi connectivity index (χ2n) is 6.29. The Hall–Kier alpha value is -1.60. The van der Waals surface area contributed by atoms with E-state index in [1.165, 1.54) is 7.11 Å². The van der Waals surface area contributed by atoms with Crippen LogP contribution in [0.5, 0.6) is 5.75 Å². The summed E-state index contributed by atoms with van der Waals surface area (Å²) in [5.74, 6) is 0.518. The normalized spacial score (nSPS) is 21.2. The van der Waals surface area contributed by atoms with E-state index in [1.807, 2.05) is 0 Å². The van der Waals surface area contributed by atoms with E-state index in [0.29, 0.717) is 17.2 Å². The van der Waals surface area contributed by atoms with Gasteiger partial charge in [0.15, 0.2) is 0 Å². The average Bonchev–Trinajstić information content (AvgIpc) is 2.56. The molecular weight excluding hydrogens is 328 g/mol. The van der Waals surface area contributed by atoms with E-state index in [4.69, 9.17) is 4.74 Å². The van der Waals surface area contributed by atoms with Gasteiger partial charge in [0.1, 0.15) is 5.75 Å². The third kappa shape index (κ3) is 5.49. The zero-order valence-corrected chi connectivity index (χ0v) is 15.1. The Balaban J connectivity index is 1.82. The highest BCUT2D eigenvalue weighted by Crippen LogP contribution is 2.24. The van der Waals surface area contributed by atoms with E-state index in [2.05, 4.69) is 17.0 Å². The van der Waals surface area contributed by atoms with Crippen molar-refractivity contribution in [1.82, 2.24) is 10.0 Å². The number of carbonyl (C=O) groups excluding carboxylic acids is 1. The zero-order valence-electron chi connectivity index (χ0n) is 14.2. The maximum Gasteiger partial charge on any atom is 0.251 e. The van der Waals surface area contributed by atoms with Crippen molar-refractivity contribution in [2.24, 2.45) is 5.92 Å². The van der Waals surface area contributed by atoms with Crippen molar-refractivity contribution < 1.29 is 17.9 Å². The van der Waals surface area contributed by atoms with E-state index in [9.17, 15) is 13.2 Å². The molecule has 0 aromatic heterocycles. The molecule has 7 heteroatoms. The molecule has 0 saturated heterocycles. The molecule has 0 heterocycles. The first kappa shape index (κ1) is 18.7. The van der Waals surface area contributed by atoms with Crippen LogP contribution in [0.3, 0.4) is 0 Å². The maximum atomic E-state index is 12.2. The van der Waals surface area contributed by atoms with E-state index < -0.39 is 10.0 Å². The lowest BCUT2D eigenvalue weighted by Crippen LogP contribution is -2.43. The summed E-state index contributed by atoms with van der Waals surface area (Å²) in [6.07, 6.45) is 4.16. The van der Waals surface area contributed by atoms with Crippen LogP contribution in [0.15, 0.2) is 24.3 Å². The van der Waals surface area contributed by atoms with Crippen LogP contribution >= 0.6 is 0 Å². The van der Waals surface area contributed by atoms with E-state index in [0.717, 1.165) is 25.7 Å². The Morgan fingerprint density at radius 3 is 2.75 bits per heavy atom. The highest BCUT2D eigenvalue weighted by Gasteiger charge is 2.25. The van der Waals surface area contributed by atoms with Gasteiger partial charge in [0, 0.05) is 18.2 Å². The van der Waals surface area contributed by atoms with Crippen LogP contribution in [0, 0.1) is 5.92 Å². The fourth-order valence-corrected chi connectivity index (χ4v) is 4.25. The van der Waals surface area contributed by atoms with E-state index >= 15 is 0 Å². The van der Waals surface area contributed by atoms with Gasteiger partial charge in [-0.1, -0.05) is 25.8 Å². The molecule has 0 unspecified atom stereocenters. The van der Waals surface area contributed by atoms with E-state index in [1.54, 1.807) is 24.3 Å². The van der Waals surface area contributed by atoms with Crippen molar-refractivity contribution in [1.29, 1.82) is 0 Å². The first-order valence-corrected chi connectivity index (χ1v) is 9.99. The van der Waals surface area contributed by atoms with Crippen LogP contribution in [0.4, 0.5) is 0 Å². The lowest BCUT2D eigenvalue weighted by molar-refractivity contribution is 0.0955. The third-order valence-corrected chi connectivity index (χ3v) is 5.83. The molecule has 1 aliphatic carbocycles. The van der Waals surface area contributed by atoms with Crippen LogP contribution in [0.1, 0.15) is 43.0 Å². The molecule has 0 aliphatic heterocycles. The summed E-state index contributed by atoms with van der Waals surface area (Å²) in [5.41, 5.74) is 0.445. The molecule has 1 aromatic rings. The topological polar surface area (TPSA) is 84.5 Å². The summed E-state index contributed by atoms with van der Waals surface area (Å²) in [7, 11) is -1.86. The van der Waals surface area contributed by atoms with Crippen LogP contribution in [0.25, 0.3) is 0 Å². The number of nitrogens with one attached hydrogen (secondary N) is 2. The number of amides is 1. The highest BCUT2D eigenvalue weighted by molar-refractivity contribution is 7.89. The molecule has 2 atom stereocenters. The molecule has 24 heavy (non-hydrogen) atoms. The van der Waals surface area contributed by atoms with Crippen molar-refractivity contribution in [3.8, 4) is 5.75 Å². The van der Waals surface area contributed by atoms with Crippen molar-refractivity contribution in [3.05, 3.63) is 29.8 Å². The molecule has 0 radical (unpaired) electrons. The van der Waals surface area contributed by atoms with Crippen LogP contribution < -0.4 is 14.8 Å². The van der Waals surface area contributed by atoms with Gasteiger partial charge < -0.3 is 10.1 Å². The number of hydrogen-bond acceptors (Lipinski definition) is 4. The van der Waals surface area contributed by atoms with Crippen LogP contribution in [-0.2, 0) is 10.0 Å². The van der Waals surface area contributed by atoms with Gasteiger partial charge in [0.2, 0.25) is 10.0 Å². The summed E-state index contributed by atoms with van der Waals surface area (Å²) in [6.45, 7) is 2.16. The number of benzene rings is 1. The van der Waals surface area contributed by atoms with Gasteiger partial charge in [-0.05, 0) is 37.0 Å². The molecule has 0 spiro atoms. The summed E-state index contributed by atoms with van der Waals surface area (Å²) in [6, 6.07) is 6.76. The molecule has 6 nitrogen and oxygen atoms in total. The Kier molecular flexibility index (Phi) is 6.62. The molecule has 134 valence electrons. The number of ether oxygens (including phenoxy) is 1. The highest BCUT2D eigenvalue weighted by atomic mass is 32.2. The van der Waals surface area contributed by atoms with Crippen LogP contribution in [-0.4, -0.2) is 39.8 Å². The number of carbonyl (C=O) groups is 1. The number of methoxy groups -OCH3 is 1. The predicted molar refractivity (Wildman–Crippen MR) is 93.7 cm³/mol. The molecule has 1 aromatic carbocycles. The summed E-state index contributed by atoms with van der Waals surface area (Å²) < 4.78 is 32.2. The second kappa shape index (κ2) is 8.48. The standard InChI is InChI=1S/C17H26N2O4S/c1-13-6-3-4-9-16(13)19-24(21,22)11-10-18-17(20)14-7-5-8-15(12-14)23-2/h5,7-8,12-13,16,19H,3-4,6,9-11H2,1-2H3,(H,18,20)/t13-,16-/m0/s1. The summed E-state index contributed by atoms with van der Waals surface area (Å²) >= 11 is 0. The van der Waals surface area contributed by atoms with Gasteiger partial charge in [-0.25, -0.2) is 13.1 Å². The second-order valence-corrected chi connectivity index (χ2v) is 8.17. The van der Waals surface area contributed by atoms with Gasteiger partial charge in [-0.3, -0.25) is 4.79 Å². The minimum Gasteiger partial charge on any atom is -0.497 e. The fraction of sp³-hybridized carbons (Fsp3) is 0.588. The molecule has 1 saturated carbocycles. The van der Waals surface area contributed by atoms with Crippen molar-refractivity contribution >= 4 is 15.9 Å². The van der Waals surface area contributed by atoms with Gasteiger partial charge >= 0.3 is 0 Å².